The van der Waals surface area contributed by atoms with E-state index in [9.17, 15) is 4.79 Å². The van der Waals surface area contributed by atoms with Crippen LogP contribution in [-0.4, -0.2) is 16.8 Å². The highest BCUT2D eigenvalue weighted by atomic mass is 32.2. The number of aryl methyl sites for hydroxylation is 1. The van der Waals surface area contributed by atoms with E-state index in [1.165, 1.54) is 37.7 Å². The number of carbonyl (C=O) groups excluding carboxylic acids is 1. The van der Waals surface area contributed by atoms with Crippen molar-refractivity contribution in [3.63, 3.8) is 0 Å². The van der Waals surface area contributed by atoms with Crippen LogP contribution in [0, 0.1) is 0 Å². The third-order valence-corrected chi connectivity index (χ3v) is 5.19. The van der Waals surface area contributed by atoms with Crippen molar-refractivity contribution in [1.82, 2.24) is 0 Å². The van der Waals surface area contributed by atoms with Crippen LogP contribution in [0.1, 0.15) is 61.4 Å². The van der Waals surface area contributed by atoms with E-state index in [2.05, 4.69) is 19.1 Å². The van der Waals surface area contributed by atoms with Crippen LogP contribution in [-0.2, 0) is 6.42 Å². The molecule has 1 nitrogen and oxygen atoms in total. The first-order chi connectivity index (χ1) is 9.29. The van der Waals surface area contributed by atoms with Crippen molar-refractivity contribution in [3.05, 3.63) is 35.4 Å². The van der Waals surface area contributed by atoms with E-state index in [-0.39, 0.29) is 0 Å². The van der Waals surface area contributed by atoms with E-state index >= 15 is 0 Å². The van der Waals surface area contributed by atoms with Gasteiger partial charge in [0.2, 0.25) is 0 Å². The summed E-state index contributed by atoms with van der Waals surface area (Å²) in [6, 6.07) is 8.19. The van der Waals surface area contributed by atoms with Gasteiger partial charge in [0, 0.05) is 10.8 Å². The second-order valence-electron chi connectivity index (χ2n) is 5.44. The van der Waals surface area contributed by atoms with Crippen LogP contribution < -0.4 is 0 Å². The predicted octanol–water partition coefficient (Wildman–Crippen LogP) is 4.89. The topological polar surface area (TPSA) is 17.1 Å². The summed E-state index contributed by atoms with van der Waals surface area (Å²) in [7, 11) is 0. The molecule has 0 aromatic heterocycles. The number of thioether (sulfide) groups is 1. The molecule has 19 heavy (non-hydrogen) atoms. The van der Waals surface area contributed by atoms with Crippen molar-refractivity contribution in [2.45, 2.75) is 57.1 Å². The molecule has 0 bridgehead atoms. The molecule has 1 aliphatic rings. The Balaban J connectivity index is 1.81. The highest BCUT2D eigenvalue weighted by Gasteiger charge is 2.15. The Hall–Kier alpha value is -0.760. The molecule has 0 atom stereocenters. The van der Waals surface area contributed by atoms with Crippen LogP contribution in [0.3, 0.4) is 0 Å². The lowest BCUT2D eigenvalue weighted by molar-refractivity contribution is 0.102. The van der Waals surface area contributed by atoms with Gasteiger partial charge in [-0.3, -0.25) is 4.79 Å². The summed E-state index contributed by atoms with van der Waals surface area (Å²) in [5.74, 6) is 0.941. The van der Waals surface area contributed by atoms with Gasteiger partial charge < -0.3 is 0 Å². The monoisotopic (exact) mass is 276 g/mol. The lowest BCUT2D eigenvalue weighted by Crippen LogP contribution is -2.12. The minimum absolute atomic E-state index is 0.290. The van der Waals surface area contributed by atoms with Gasteiger partial charge in [-0.2, -0.15) is 11.8 Å². The first kappa shape index (κ1) is 14.6. The molecule has 1 saturated carbocycles. The molecule has 0 heterocycles. The zero-order valence-electron chi connectivity index (χ0n) is 11.9. The predicted molar refractivity (Wildman–Crippen MR) is 84.1 cm³/mol. The van der Waals surface area contributed by atoms with Crippen LogP contribution in [0.2, 0.25) is 0 Å². The first-order valence-electron chi connectivity index (χ1n) is 7.53. The Morgan fingerprint density at radius 1 is 1.16 bits per heavy atom. The fourth-order valence-corrected chi connectivity index (χ4v) is 3.88. The van der Waals surface area contributed by atoms with Crippen molar-refractivity contribution in [1.29, 1.82) is 0 Å². The van der Waals surface area contributed by atoms with E-state index in [0.29, 0.717) is 11.5 Å². The van der Waals surface area contributed by atoms with Crippen LogP contribution in [0.4, 0.5) is 0 Å². The summed E-state index contributed by atoms with van der Waals surface area (Å²) < 4.78 is 0. The number of hydrogen-bond acceptors (Lipinski definition) is 2. The molecule has 0 aliphatic heterocycles. The molecule has 0 radical (unpaired) electrons. The fraction of sp³-hybridized carbons (Fsp3) is 0.588. The molecule has 104 valence electrons. The third kappa shape index (κ3) is 4.68. The number of hydrogen-bond donors (Lipinski definition) is 0. The molecule has 2 heteroatoms. The minimum atomic E-state index is 0.290. The van der Waals surface area contributed by atoms with E-state index in [4.69, 9.17) is 0 Å². The molecule has 0 N–H and O–H groups in total. The molecule has 1 aromatic carbocycles. The van der Waals surface area contributed by atoms with Gasteiger partial charge in [0.25, 0.3) is 0 Å². The van der Waals surface area contributed by atoms with Crippen LogP contribution in [0.15, 0.2) is 24.3 Å². The Morgan fingerprint density at radius 3 is 2.47 bits per heavy atom. The lowest BCUT2D eigenvalue weighted by Gasteiger charge is -2.20. The second-order valence-corrected chi connectivity index (χ2v) is 6.73. The van der Waals surface area contributed by atoms with E-state index in [0.717, 1.165) is 23.7 Å². The molecule has 1 fully saturated rings. The first-order valence-corrected chi connectivity index (χ1v) is 8.58. The van der Waals surface area contributed by atoms with Gasteiger partial charge in [-0.05, 0) is 24.8 Å². The summed E-state index contributed by atoms with van der Waals surface area (Å²) in [6.45, 7) is 2.18. The summed E-state index contributed by atoms with van der Waals surface area (Å²) in [6.07, 6.45) is 8.93. The van der Waals surface area contributed by atoms with Gasteiger partial charge in [0.05, 0.1) is 5.75 Å². The summed E-state index contributed by atoms with van der Waals surface area (Å²) in [5, 5.41) is 0.720. The maximum atomic E-state index is 12.1. The van der Waals surface area contributed by atoms with Gasteiger partial charge in [-0.1, -0.05) is 56.9 Å². The number of rotatable bonds is 6. The third-order valence-electron chi connectivity index (χ3n) is 3.82. The molecule has 0 saturated heterocycles. The van der Waals surface area contributed by atoms with Crippen molar-refractivity contribution < 1.29 is 4.79 Å². The average molecular weight is 276 g/mol. The van der Waals surface area contributed by atoms with Gasteiger partial charge in [0.1, 0.15) is 0 Å². The zero-order valence-corrected chi connectivity index (χ0v) is 12.7. The van der Waals surface area contributed by atoms with Gasteiger partial charge in [0.15, 0.2) is 5.78 Å². The number of ketones is 1. The second kappa shape index (κ2) is 7.74. The summed E-state index contributed by atoms with van der Waals surface area (Å²) >= 11 is 1.87. The molecule has 1 aromatic rings. The number of Topliss-reactive ketones (excluding diaryl/α,β-unsaturated/α-hetero) is 1. The van der Waals surface area contributed by atoms with Crippen LogP contribution in [0.25, 0.3) is 0 Å². The molecule has 0 spiro atoms. The maximum absolute atomic E-state index is 12.1. The highest BCUT2D eigenvalue weighted by molar-refractivity contribution is 8.00. The Kier molecular flexibility index (Phi) is 5.96. The fourth-order valence-electron chi connectivity index (χ4n) is 2.65. The van der Waals surface area contributed by atoms with Gasteiger partial charge >= 0.3 is 0 Å². The van der Waals surface area contributed by atoms with Crippen LogP contribution in [0.5, 0.6) is 0 Å². The van der Waals surface area contributed by atoms with Crippen LogP contribution >= 0.6 is 11.8 Å². The minimum Gasteiger partial charge on any atom is -0.293 e. The summed E-state index contributed by atoms with van der Waals surface area (Å²) in [4.78, 5) is 12.1. The summed E-state index contributed by atoms with van der Waals surface area (Å²) in [5.41, 5.74) is 2.21. The van der Waals surface area contributed by atoms with Crippen molar-refractivity contribution in [2.24, 2.45) is 0 Å². The largest absolute Gasteiger partial charge is 0.293 e. The van der Waals surface area contributed by atoms with Crippen molar-refractivity contribution in [3.8, 4) is 0 Å². The Morgan fingerprint density at radius 2 is 1.84 bits per heavy atom. The molecular formula is C17H24OS. The quantitative estimate of drug-likeness (QED) is 0.688. The Labute approximate surface area is 121 Å². The molecular weight excluding hydrogens is 252 g/mol. The lowest BCUT2D eigenvalue weighted by atomic mass is 10.0. The Bertz CT molecular complexity index is 390. The number of carbonyl (C=O) groups is 1. The molecule has 1 aliphatic carbocycles. The molecule has 0 unspecified atom stereocenters. The van der Waals surface area contributed by atoms with E-state index in [1.807, 2.05) is 23.9 Å². The molecule has 0 amide bonds. The highest BCUT2D eigenvalue weighted by Crippen LogP contribution is 2.28. The van der Waals surface area contributed by atoms with E-state index < -0.39 is 0 Å². The van der Waals surface area contributed by atoms with Gasteiger partial charge in [-0.25, -0.2) is 0 Å². The van der Waals surface area contributed by atoms with Crippen molar-refractivity contribution in [2.75, 3.05) is 5.75 Å². The maximum Gasteiger partial charge on any atom is 0.172 e. The molecule has 2 rings (SSSR count). The normalized spacial score (nSPS) is 16.5. The van der Waals surface area contributed by atoms with Crippen molar-refractivity contribution >= 4 is 17.5 Å². The smallest absolute Gasteiger partial charge is 0.172 e. The number of benzene rings is 1. The SMILES string of the molecule is CCCc1ccc(C(=O)CSC2CCCCC2)cc1. The standard InChI is InChI=1S/C17H24OS/c1-2-6-14-9-11-15(12-10-14)17(18)13-19-16-7-4-3-5-8-16/h9-12,16H,2-8,13H2,1H3. The van der Waals surface area contributed by atoms with Gasteiger partial charge in [-0.15, -0.1) is 0 Å². The average Bonchev–Trinajstić information content (AvgIpc) is 2.47. The van der Waals surface area contributed by atoms with E-state index in [1.54, 1.807) is 0 Å². The zero-order chi connectivity index (χ0) is 13.5.